The lowest BCUT2D eigenvalue weighted by Crippen LogP contribution is -2.34. The summed E-state index contributed by atoms with van der Waals surface area (Å²) in [5, 5.41) is 0. The lowest BCUT2D eigenvalue weighted by Gasteiger charge is -2.38. The maximum absolute atomic E-state index is 5.54. The topological polar surface area (TPSA) is 18.5 Å². The molecule has 0 radical (unpaired) electrons. The smallest absolute Gasteiger partial charge is 0.0496 e. The molecule has 19 heavy (non-hydrogen) atoms. The Morgan fingerprint density at radius 2 is 1.53 bits per heavy atom. The van der Waals surface area contributed by atoms with E-state index in [9.17, 15) is 0 Å². The maximum atomic E-state index is 5.54. The summed E-state index contributed by atoms with van der Waals surface area (Å²) in [4.78, 5) is 0. The molecule has 1 aliphatic rings. The van der Waals surface area contributed by atoms with Gasteiger partial charge in [0.05, 0.1) is 0 Å². The molecular formula is C17H34O2. The molecule has 0 aromatic rings. The van der Waals surface area contributed by atoms with Crippen LogP contribution < -0.4 is 0 Å². The molecule has 0 N–H and O–H groups in total. The minimum atomic E-state index is 0.365. The standard InChI is InChI=1S/C17H34O2/c1-17(2,3)11-15(12-18-4)16(13-19-5)14-9-7-6-8-10-14/h14-16H,6-13H2,1-5H3. The molecule has 114 valence electrons. The van der Waals surface area contributed by atoms with Crippen molar-refractivity contribution in [2.75, 3.05) is 27.4 Å². The summed E-state index contributed by atoms with van der Waals surface area (Å²) in [6.07, 6.45) is 8.23. The molecule has 1 saturated carbocycles. The average molecular weight is 270 g/mol. The average Bonchev–Trinajstić information content (AvgIpc) is 2.35. The lowest BCUT2D eigenvalue weighted by atomic mass is 9.70. The number of hydrogen-bond donors (Lipinski definition) is 0. The summed E-state index contributed by atoms with van der Waals surface area (Å²) < 4.78 is 11.1. The molecule has 1 fully saturated rings. The van der Waals surface area contributed by atoms with Gasteiger partial charge in [-0.2, -0.15) is 0 Å². The number of ether oxygens (including phenoxy) is 2. The molecule has 0 bridgehead atoms. The summed E-state index contributed by atoms with van der Waals surface area (Å²) in [6, 6.07) is 0. The normalized spacial score (nSPS) is 21.3. The van der Waals surface area contributed by atoms with Crippen molar-refractivity contribution in [3.05, 3.63) is 0 Å². The highest BCUT2D eigenvalue weighted by atomic mass is 16.5. The van der Waals surface area contributed by atoms with Gasteiger partial charge < -0.3 is 9.47 Å². The third-order valence-corrected chi connectivity index (χ3v) is 4.48. The Labute approximate surface area is 120 Å². The Hall–Kier alpha value is -0.0800. The molecule has 2 nitrogen and oxygen atoms in total. The minimum Gasteiger partial charge on any atom is -0.384 e. The van der Waals surface area contributed by atoms with Crippen molar-refractivity contribution in [2.24, 2.45) is 23.2 Å². The molecule has 1 aliphatic carbocycles. The summed E-state index contributed by atoms with van der Waals surface area (Å²) in [5.74, 6) is 2.15. The molecule has 0 aliphatic heterocycles. The fourth-order valence-corrected chi connectivity index (χ4v) is 3.75. The highest BCUT2D eigenvalue weighted by molar-refractivity contribution is 4.82. The first kappa shape index (κ1) is 17.0. The third-order valence-electron chi connectivity index (χ3n) is 4.48. The highest BCUT2D eigenvalue weighted by Crippen LogP contribution is 2.38. The van der Waals surface area contributed by atoms with E-state index in [0.717, 1.165) is 19.1 Å². The van der Waals surface area contributed by atoms with Crippen molar-refractivity contribution in [2.45, 2.75) is 59.3 Å². The van der Waals surface area contributed by atoms with Crippen LogP contribution in [0.4, 0.5) is 0 Å². The zero-order valence-electron chi connectivity index (χ0n) is 13.7. The Kier molecular flexibility index (Phi) is 7.38. The van der Waals surface area contributed by atoms with Crippen molar-refractivity contribution in [1.82, 2.24) is 0 Å². The van der Waals surface area contributed by atoms with Gasteiger partial charge in [0, 0.05) is 27.4 Å². The van der Waals surface area contributed by atoms with Crippen LogP contribution in [0.15, 0.2) is 0 Å². The van der Waals surface area contributed by atoms with Gasteiger partial charge in [0.15, 0.2) is 0 Å². The van der Waals surface area contributed by atoms with E-state index in [0.29, 0.717) is 17.3 Å². The Bertz CT molecular complexity index is 226. The second-order valence-corrected chi connectivity index (χ2v) is 7.50. The number of rotatable bonds is 7. The van der Waals surface area contributed by atoms with Gasteiger partial charge in [-0.3, -0.25) is 0 Å². The van der Waals surface area contributed by atoms with Crippen LogP contribution >= 0.6 is 0 Å². The monoisotopic (exact) mass is 270 g/mol. The molecule has 2 atom stereocenters. The van der Waals surface area contributed by atoms with E-state index in [1.807, 2.05) is 14.2 Å². The molecule has 1 rings (SSSR count). The van der Waals surface area contributed by atoms with E-state index in [-0.39, 0.29) is 0 Å². The van der Waals surface area contributed by atoms with Gasteiger partial charge in [0.25, 0.3) is 0 Å². The molecule has 0 amide bonds. The Morgan fingerprint density at radius 1 is 0.947 bits per heavy atom. The predicted molar refractivity (Wildman–Crippen MR) is 81.4 cm³/mol. The van der Waals surface area contributed by atoms with E-state index in [1.165, 1.54) is 38.5 Å². The van der Waals surface area contributed by atoms with Gasteiger partial charge in [-0.1, -0.05) is 52.9 Å². The van der Waals surface area contributed by atoms with Crippen molar-refractivity contribution in [3.63, 3.8) is 0 Å². The maximum Gasteiger partial charge on any atom is 0.0496 e. The van der Waals surface area contributed by atoms with Crippen LogP contribution in [0.25, 0.3) is 0 Å². The van der Waals surface area contributed by atoms with E-state index in [1.54, 1.807) is 0 Å². The Balaban J connectivity index is 2.71. The van der Waals surface area contributed by atoms with Crippen LogP contribution in [0.5, 0.6) is 0 Å². The fraction of sp³-hybridized carbons (Fsp3) is 1.00. The Morgan fingerprint density at radius 3 is 2.00 bits per heavy atom. The van der Waals surface area contributed by atoms with E-state index >= 15 is 0 Å². The number of hydrogen-bond acceptors (Lipinski definition) is 2. The quantitative estimate of drug-likeness (QED) is 0.677. The number of methoxy groups -OCH3 is 2. The summed E-state index contributed by atoms with van der Waals surface area (Å²) in [7, 11) is 3.68. The van der Waals surface area contributed by atoms with Crippen LogP contribution in [0.3, 0.4) is 0 Å². The van der Waals surface area contributed by atoms with E-state index in [2.05, 4.69) is 20.8 Å². The van der Waals surface area contributed by atoms with E-state index in [4.69, 9.17) is 9.47 Å². The van der Waals surface area contributed by atoms with Crippen molar-refractivity contribution >= 4 is 0 Å². The van der Waals surface area contributed by atoms with Gasteiger partial charge in [-0.25, -0.2) is 0 Å². The SMILES string of the molecule is COCC(CC(C)(C)C)C(COC)C1CCCCC1. The van der Waals surface area contributed by atoms with Gasteiger partial charge in [0.2, 0.25) is 0 Å². The van der Waals surface area contributed by atoms with Crippen molar-refractivity contribution in [3.8, 4) is 0 Å². The van der Waals surface area contributed by atoms with Gasteiger partial charge in [-0.15, -0.1) is 0 Å². The zero-order valence-corrected chi connectivity index (χ0v) is 13.7. The van der Waals surface area contributed by atoms with Crippen LogP contribution in [0, 0.1) is 23.2 Å². The van der Waals surface area contributed by atoms with Gasteiger partial charge in [-0.05, 0) is 29.6 Å². The third kappa shape index (κ3) is 6.27. The zero-order chi connectivity index (χ0) is 14.3. The predicted octanol–water partition coefficient (Wildman–Crippen LogP) is 4.53. The molecular weight excluding hydrogens is 236 g/mol. The second kappa shape index (κ2) is 8.26. The minimum absolute atomic E-state index is 0.365. The van der Waals surface area contributed by atoms with Crippen molar-refractivity contribution < 1.29 is 9.47 Å². The molecule has 0 spiro atoms. The molecule has 0 aromatic heterocycles. The molecule has 0 aromatic carbocycles. The van der Waals surface area contributed by atoms with E-state index < -0.39 is 0 Å². The summed E-state index contributed by atoms with van der Waals surface area (Å²) in [5.41, 5.74) is 0.365. The van der Waals surface area contributed by atoms with Gasteiger partial charge in [0.1, 0.15) is 0 Å². The fourth-order valence-electron chi connectivity index (χ4n) is 3.75. The first-order valence-electron chi connectivity index (χ1n) is 7.96. The lowest BCUT2D eigenvalue weighted by molar-refractivity contribution is 0.0134. The van der Waals surface area contributed by atoms with Crippen LogP contribution in [0.1, 0.15) is 59.3 Å². The first-order valence-corrected chi connectivity index (χ1v) is 7.96. The van der Waals surface area contributed by atoms with Crippen LogP contribution in [-0.2, 0) is 9.47 Å². The largest absolute Gasteiger partial charge is 0.384 e. The second-order valence-electron chi connectivity index (χ2n) is 7.50. The van der Waals surface area contributed by atoms with Gasteiger partial charge >= 0.3 is 0 Å². The van der Waals surface area contributed by atoms with Crippen LogP contribution in [-0.4, -0.2) is 27.4 Å². The summed E-state index contributed by atoms with van der Waals surface area (Å²) >= 11 is 0. The molecule has 2 heteroatoms. The van der Waals surface area contributed by atoms with Crippen molar-refractivity contribution in [1.29, 1.82) is 0 Å². The highest BCUT2D eigenvalue weighted by Gasteiger charge is 2.32. The molecule has 0 heterocycles. The molecule has 0 saturated heterocycles. The first-order chi connectivity index (χ1) is 8.98. The van der Waals surface area contributed by atoms with Crippen LogP contribution in [0.2, 0.25) is 0 Å². The molecule has 2 unspecified atom stereocenters. The summed E-state index contributed by atoms with van der Waals surface area (Å²) in [6.45, 7) is 8.78.